The summed E-state index contributed by atoms with van der Waals surface area (Å²) in [6, 6.07) is 6.18. The van der Waals surface area contributed by atoms with Gasteiger partial charge in [-0.1, -0.05) is 22.8 Å². The van der Waals surface area contributed by atoms with Gasteiger partial charge in [0.05, 0.1) is 22.8 Å². The molecule has 0 unspecified atom stereocenters. The van der Waals surface area contributed by atoms with Crippen LogP contribution in [0.25, 0.3) is 0 Å². The zero-order valence-corrected chi connectivity index (χ0v) is 12.8. The van der Waals surface area contributed by atoms with E-state index in [0.29, 0.717) is 18.8 Å². The van der Waals surface area contributed by atoms with Crippen LogP contribution >= 0.6 is 11.6 Å². The second-order valence-corrected chi connectivity index (χ2v) is 5.40. The Labute approximate surface area is 136 Å². The fourth-order valence-electron chi connectivity index (χ4n) is 2.28. The SMILES string of the molecule is O=C(NCCn1cccn1)[C@@H]1CC(c2c(F)cccc2Cl)=NO1. The molecule has 2 aromatic rings. The fourth-order valence-corrected chi connectivity index (χ4v) is 2.55. The molecule has 23 heavy (non-hydrogen) atoms. The smallest absolute Gasteiger partial charge is 0.264 e. The molecule has 1 aromatic heterocycles. The van der Waals surface area contributed by atoms with E-state index in [9.17, 15) is 9.18 Å². The molecule has 0 fully saturated rings. The lowest BCUT2D eigenvalue weighted by Gasteiger charge is -2.09. The largest absolute Gasteiger partial charge is 0.382 e. The van der Waals surface area contributed by atoms with Gasteiger partial charge in [-0.3, -0.25) is 9.48 Å². The summed E-state index contributed by atoms with van der Waals surface area (Å²) < 4.78 is 15.6. The number of hydrogen-bond acceptors (Lipinski definition) is 4. The lowest BCUT2D eigenvalue weighted by molar-refractivity contribution is -0.131. The van der Waals surface area contributed by atoms with Crippen LogP contribution in [0.3, 0.4) is 0 Å². The van der Waals surface area contributed by atoms with Crippen molar-refractivity contribution >= 4 is 23.2 Å². The molecule has 1 atom stereocenters. The molecule has 0 spiro atoms. The lowest BCUT2D eigenvalue weighted by Crippen LogP contribution is -2.36. The van der Waals surface area contributed by atoms with Crippen LogP contribution in [0.1, 0.15) is 12.0 Å². The molecule has 0 aliphatic carbocycles. The Hall–Kier alpha value is -2.41. The van der Waals surface area contributed by atoms with Gasteiger partial charge >= 0.3 is 0 Å². The van der Waals surface area contributed by atoms with Crippen LogP contribution in [0.2, 0.25) is 5.02 Å². The van der Waals surface area contributed by atoms with Gasteiger partial charge in [0.2, 0.25) is 6.10 Å². The number of carbonyl (C=O) groups is 1. The van der Waals surface area contributed by atoms with Crippen LogP contribution in [0.4, 0.5) is 4.39 Å². The van der Waals surface area contributed by atoms with Crippen molar-refractivity contribution in [1.82, 2.24) is 15.1 Å². The molecule has 8 heteroatoms. The monoisotopic (exact) mass is 336 g/mol. The first-order valence-electron chi connectivity index (χ1n) is 7.07. The van der Waals surface area contributed by atoms with Gasteiger partial charge in [-0.05, 0) is 18.2 Å². The molecule has 1 aliphatic heterocycles. The van der Waals surface area contributed by atoms with E-state index in [1.54, 1.807) is 29.2 Å². The van der Waals surface area contributed by atoms with Gasteiger partial charge in [-0.15, -0.1) is 0 Å². The number of benzene rings is 1. The second-order valence-electron chi connectivity index (χ2n) is 4.99. The van der Waals surface area contributed by atoms with Gasteiger partial charge in [0, 0.05) is 25.4 Å². The van der Waals surface area contributed by atoms with Gasteiger partial charge < -0.3 is 10.2 Å². The van der Waals surface area contributed by atoms with Gasteiger partial charge in [-0.25, -0.2) is 4.39 Å². The molecule has 0 saturated carbocycles. The second kappa shape index (κ2) is 6.78. The Bertz CT molecular complexity index is 713. The van der Waals surface area contributed by atoms with E-state index in [0.717, 1.165) is 0 Å². The first kappa shape index (κ1) is 15.5. The summed E-state index contributed by atoms with van der Waals surface area (Å²) in [4.78, 5) is 17.2. The van der Waals surface area contributed by atoms with Crippen LogP contribution in [0.15, 0.2) is 41.8 Å². The van der Waals surface area contributed by atoms with Crippen molar-refractivity contribution in [2.75, 3.05) is 6.54 Å². The van der Waals surface area contributed by atoms with Gasteiger partial charge in [0.15, 0.2) is 0 Å². The zero-order chi connectivity index (χ0) is 16.2. The van der Waals surface area contributed by atoms with E-state index >= 15 is 0 Å². The van der Waals surface area contributed by atoms with Crippen molar-refractivity contribution in [2.45, 2.75) is 19.1 Å². The number of aromatic nitrogens is 2. The standard InChI is InChI=1S/C15H14ClFN4O2/c16-10-3-1-4-11(17)14(10)12-9-13(23-20-12)15(22)18-6-8-21-7-2-5-19-21/h1-5,7,13H,6,8-9H2,(H,18,22)/t13-/m0/s1. The number of hydrogen-bond donors (Lipinski definition) is 1. The summed E-state index contributed by atoms with van der Waals surface area (Å²) in [5, 5.41) is 10.8. The summed E-state index contributed by atoms with van der Waals surface area (Å²) in [6.07, 6.45) is 2.87. The number of nitrogens with one attached hydrogen (secondary N) is 1. The quantitative estimate of drug-likeness (QED) is 0.907. The van der Waals surface area contributed by atoms with E-state index in [-0.39, 0.29) is 22.9 Å². The minimum atomic E-state index is -0.779. The van der Waals surface area contributed by atoms with E-state index in [4.69, 9.17) is 16.4 Å². The van der Waals surface area contributed by atoms with E-state index in [1.807, 2.05) is 0 Å². The normalized spacial score (nSPS) is 16.8. The van der Waals surface area contributed by atoms with Crippen LogP contribution in [0, 0.1) is 5.82 Å². The third-order valence-electron chi connectivity index (χ3n) is 3.41. The summed E-state index contributed by atoms with van der Waals surface area (Å²) in [7, 11) is 0. The summed E-state index contributed by atoms with van der Waals surface area (Å²) in [6.45, 7) is 0.967. The molecule has 1 N–H and O–H groups in total. The molecule has 3 rings (SSSR count). The van der Waals surface area contributed by atoms with Crippen molar-refractivity contribution in [3.63, 3.8) is 0 Å². The minimum absolute atomic E-state index is 0.175. The highest BCUT2D eigenvalue weighted by molar-refractivity contribution is 6.34. The number of oxime groups is 1. The van der Waals surface area contributed by atoms with Crippen LogP contribution < -0.4 is 5.32 Å². The highest BCUT2D eigenvalue weighted by atomic mass is 35.5. The molecular formula is C15H14ClFN4O2. The maximum absolute atomic E-state index is 13.9. The number of carbonyl (C=O) groups excluding carboxylic acids is 1. The third-order valence-corrected chi connectivity index (χ3v) is 3.73. The first-order valence-corrected chi connectivity index (χ1v) is 7.45. The molecule has 120 valence electrons. The number of amides is 1. The first-order chi connectivity index (χ1) is 11.1. The predicted octanol–water partition coefficient (Wildman–Crippen LogP) is 1.98. The Morgan fingerprint density at radius 1 is 1.48 bits per heavy atom. The summed E-state index contributed by atoms with van der Waals surface area (Å²) >= 11 is 5.99. The van der Waals surface area contributed by atoms with E-state index in [2.05, 4.69) is 15.6 Å². The summed E-state index contributed by atoms with van der Waals surface area (Å²) in [5.74, 6) is -0.789. The van der Waals surface area contributed by atoms with Gasteiger partial charge in [-0.2, -0.15) is 5.10 Å². The highest BCUT2D eigenvalue weighted by Gasteiger charge is 2.30. The molecule has 1 aliphatic rings. The third kappa shape index (κ3) is 3.50. The number of nitrogens with zero attached hydrogens (tertiary/aromatic N) is 3. The predicted molar refractivity (Wildman–Crippen MR) is 82.7 cm³/mol. The van der Waals surface area contributed by atoms with Crippen LogP contribution in [0.5, 0.6) is 0 Å². The maximum Gasteiger partial charge on any atom is 0.264 e. The zero-order valence-electron chi connectivity index (χ0n) is 12.1. The average molecular weight is 337 g/mol. The molecular weight excluding hydrogens is 323 g/mol. The van der Waals surface area contributed by atoms with Crippen LogP contribution in [-0.2, 0) is 16.2 Å². The highest BCUT2D eigenvalue weighted by Crippen LogP contribution is 2.25. The number of rotatable bonds is 5. The van der Waals surface area contributed by atoms with Crippen LogP contribution in [-0.4, -0.2) is 34.0 Å². The molecule has 1 aromatic carbocycles. The van der Waals surface area contributed by atoms with E-state index < -0.39 is 11.9 Å². The lowest BCUT2D eigenvalue weighted by atomic mass is 10.0. The Balaban J connectivity index is 1.55. The maximum atomic E-state index is 13.9. The molecule has 0 bridgehead atoms. The molecule has 1 amide bonds. The van der Waals surface area contributed by atoms with Gasteiger partial charge in [0.1, 0.15) is 5.82 Å². The molecule has 6 nitrogen and oxygen atoms in total. The van der Waals surface area contributed by atoms with Gasteiger partial charge in [0.25, 0.3) is 5.91 Å². The Morgan fingerprint density at radius 2 is 2.35 bits per heavy atom. The molecule has 2 heterocycles. The van der Waals surface area contributed by atoms with Crippen molar-refractivity contribution in [1.29, 1.82) is 0 Å². The van der Waals surface area contributed by atoms with Crippen molar-refractivity contribution < 1.29 is 14.0 Å². The topological polar surface area (TPSA) is 68.5 Å². The fraction of sp³-hybridized carbons (Fsp3) is 0.267. The minimum Gasteiger partial charge on any atom is -0.382 e. The Kier molecular flexibility index (Phi) is 4.57. The van der Waals surface area contributed by atoms with E-state index in [1.165, 1.54) is 12.1 Å². The summed E-state index contributed by atoms with van der Waals surface area (Å²) in [5.41, 5.74) is 0.515. The Morgan fingerprint density at radius 3 is 3.09 bits per heavy atom. The van der Waals surface area contributed by atoms with Crippen molar-refractivity contribution in [3.05, 3.63) is 53.1 Å². The average Bonchev–Trinajstić information content (AvgIpc) is 3.18. The molecule has 0 saturated heterocycles. The van der Waals surface area contributed by atoms with Crippen molar-refractivity contribution in [2.24, 2.45) is 5.16 Å². The number of halogens is 2. The molecule has 0 radical (unpaired) electrons. The van der Waals surface area contributed by atoms with Crippen molar-refractivity contribution in [3.8, 4) is 0 Å².